The number of hydrogen-bond donors (Lipinski definition) is 1. The van der Waals surface area contributed by atoms with Crippen LogP contribution in [0.3, 0.4) is 0 Å². The summed E-state index contributed by atoms with van der Waals surface area (Å²) in [6.07, 6.45) is 6.15. The number of nitrogens with one attached hydrogen (secondary N) is 1. The molecule has 1 saturated heterocycles. The van der Waals surface area contributed by atoms with Crippen LogP contribution in [0.2, 0.25) is 0 Å². The molecule has 0 unspecified atom stereocenters. The van der Waals surface area contributed by atoms with Crippen LogP contribution in [0.1, 0.15) is 37.7 Å². The molecule has 1 N–H and O–H groups in total. The Morgan fingerprint density at radius 2 is 1.84 bits per heavy atom. The molecule has 1 saturated carbocycles. The van der Waals surface area contributed by atoms with Crippen LogP contribution in [-0.4, -0.2) is 47.9 Å². The predicted molar refractivity (Wildman–Crippen MR) is 93.4 cm³/mol. The van der Waals surface area contributed by atoms with Gasteiger partial charge in [0.25, 0.3) is 0 Å². The molecule has 1 aromatic rings. The van der Waals surface area contributed by atoms with Crippen LogP contribution in [0.15, 0.2) is 24.3 Å². The minimum atomic E-state index is -0.307. The minimum absolute atomic E-state index is 0.0827. The zero-order valence-corrected chi connectivity index (χ0v) is 14.5. The first-order chi connectivity index (χ1) is 12.1. The summed E-state index contributed by atoms with van der Waals surface area (Å²) in [5.74, 6) is 0.162. The molecule has 1 aliphatic heterocycles. The normalized spacial score (nSPS) is 18.7. The van der Waals surface area contributed by atoms with Crippen molar-refractivity contribution in [3.05, 3.63) is 35.6 Å². The van der Waals surface area contributed by atoms with E-state index in [1.54, 1.807) is 23.1 Å². The number of benzene rings is 1. The lowest BCUT2D eigenvalue weighted by molar-refractivity contribution is -0.121. The smallest absolute Gasteiger partial charge is 0.320 e. The molecular formula is C19H26FN3O2. The lowest BCUT2D eigenvalue weighted by Gasteiger charge is -2.23. The summed E-state index contributed by atoms with van der Waals surface area (Å²) in [5, 5.41) is 2.96. The summed E-state index contributed by atoms with van der Waals surface area (Å²) in [5.41, 5.74) is 0.499. The molecule has 3 amide bonds. The third-order valence-electron chi connectivity index (χ3n) is 5.15. The fourth-order valence-corrected chi connectivity index (χ4v) is 3.64. The van der Waals surface area contributed by atoms with Gasteiger partial charge in [0.1, 0.15) is 12.4 Å². The summed E-state index contributed by atoms with van der Waals surface area (Å²) in [6, 6.07) is 6.27. The SMILES string of the molecule is O=C(CN1CCN(Cc2ccccc2F)C1=O)NCC1CCCCC1. The summed E-state index contributed by atoms with van der Waals surface area (Å²) in [7, 11) is 0. The van der Waals surface area contributed by atoms with Crippen molar-refractivity contribution in [1.82, 2.24) is 15.1 Å². The van der Waals surface area contributed by atoms with Crippen molar-refractivity contribution in [3.63, 3.8) is 0 Å². The van der Waals surface area contributed by atoms with Gasteiger partial charge >= 0.3 is 6.03 Å². The first-order valence-corrected chi connectivity index (χ1v) is 9.17. The maximum Gasteiger partial charge on any atom is 0.320 e. The van der Waals surface area contributed by atoms with E-state index < -0.39 is 0 Å². The van der Waals surface area contributed by atoms with Gasteiger partial charge in [-0.05, 0) is 24.8 Å². The first kappa shape index (κ1) is 17.7. The zero-order valence-electron chi connectivity index (χ0n) is 14.5. The van der Waals surface area contributed by atoms with Crippen LogP contribution in [0.4, 0.5) is 9.18 Å². The average molecular weight is 347 g/mol. The monoisotopic (exact) mass is 347 g/mol. The highest BCUT2D eigenvalue weighted by molar-refractivity contribution is 5.85. The highest BCUT2D eigenvalue weighted by atomic mass is 19.1. The van der Waals surface area contributed by atoms with Gasteiger partial charge in [0.2, 0.25) is 5.91 Å². The van der Waals surface area contributed by atoms with Gasteiger partial charge in [-0.3, -0.25) is 4.79 Å². The van der Waals surface area contributed by atoms with Crippen LogP contribution in [0, 0.1) is 11.7 Å². The Kier molecular flexibility index (Phi) is 5.89. The molecular weight excluding hydrogens is 321 g/mol. The summed E-state index contributed by atoms with van der Waals surface area (Å²) in [4.78, 5) is 27.7. The van der Waals surface area contributed by atoms with Crippen molar-refractivity contribution in [3.8, 4) is 0 Å². The number of amides is 3. The minimum Gasteiger partial charge on any atom is -0.354 e. The van der Waals surface area contributed by atoms with Gasteiger partial charge in [0, 0.05) is 25.2 Å². The molecule has 6 heteroatoms. The van der Waals surface area contributed by atoms with E-state index in [0.29, 0.717) is 31.1 Å². The number of urea groups is 1. The number of nitrogens with zero attached hydrogens (tertiary/aromatic N) is 2. The van der Waals surface area contributed by atoms with Crippen molar-refractivity contribution in [2.45, 2.75) is 38.6 Å². The van der Waals surface area contributed by atoms with E-state index in [1.165, 1.54) is 43.1 Å². The number of halogens is 1. The molecule has 1 heterocycles. The molecule has 136 valence electrons. The second-order valence-corrected chi connectivity index (χ2v) is 7.03. The fraction of sp³-hybridized carbons (Fsp3) is 0.579. The lowest BCUT2D eigenvalue weighted by Crippen LogP contribution is -2.41. The number of carbonyl (C=O) groups excluding carboxylic acids is 2. The van der Waals surface area contributed by atoms with Crippen molar-refractivity contribution in [2.75, 3.05) is 26.2 Å². The van der Waals surface area contributed by atoms with E-state index in [-0.39, 0.29) is 30.8 Å². The third-order valence-corrected chi connectivity index (χ3v) is 5.15. The van der Waals surface area contributed by atoms with E-state index in [4.69, 9.17) is 0 Å². The fourth-order valence-electron chi connectivity index (χ4n) is 3.64. The predicted octanol–water partition coefficient (Wildman–Crippen LogP) is 2.76. The Bertz CT molecular complexity index is 616. The van der Waals surface area contributed by atoms with Gasteiger partial charge in [-0.25, -0.2) is 9.18 Å². The van der Waals surface area contributed by atoms with Gasteiger partial charge in [-0.2, -0.15) is 0 Å². The molecule has 1 aliphatic carbocycles. The number of rotatable bonds is 6. The first-order valence-electron chi connectivity index (χ1n) is 9.17. The molecule has 2 fully saturated rings. The second-order valence-electron chi connectivity index (χ2n) is 7.03. The van der Waals surface area contributed by atoms with Gasteiger partial charge in [0.15, 0.2) is 0 Å². The molecule has 3 rings (SSSR count). The Morgan fingerprint density at radius 1 is 1.12 bits per heavy atom. The van der Waals surface area contributed by atoms with Crippen molar-refractivity contribution in [2.24, 2.45) is 5.92 Å². The molecule has 0 spiro atoms. The van der Waals surface area contributed by atoms with Crippen LogP contribution in [0.25, 0.3) is 0 Å². The van der Waals surface area contributed by atoms with E-state index in [9.17, 15) is 14.0 Å². The van der Waals surface area contributed by atoms with Gasteiger partial charge in [-0.1, -0.05) is 37.5 Å². The van der Waals surface area contributed by atoms with Crippen molar-refractivity contribution < 1.29 is 14.0 Å². The largest absolute Gasteiger partial charge is 0.354 e. The Labute approximate surface area is 148 Å². The van der Waals surface area contributed by atoms with Gasteiger partial charge < -0.3 is 15.1 Å². The quantitative estimate of drug-likeness (QED) is 0.860. The highest BCUT2D eigenvalue weighted by Gasteiger charge is 2.30. The van der Waals surface area contributed by atoms with E-state index in [2.05, 4.69) is 5.32 Å². The molecule has 25 heavy (non-hydrogen) atoms. The molecule has 0 aromatic heterocycles. The third kappa shape index (κ3) is 4.71. The Hall–Kier alpha value is -2.11. The van der Waals surface area contributed by atoms with Crippen molar-refractivity contribution >= 4 is 11.9 Å². The lowest BCUT2D eigenvalue weighted by atomic mass is 9.89. The van der Waals surface area contributed by atoms with Crippen LogP contribution in [-0.2, 0) is 11.3 Å². The topological polar surface area (TPSA) is 52.7 Å². The highest BCUT2D eigenvalue weighted by Crippen LogP contribution is 2.22. The Balaban J connectivity index is 1.45. The molecule has 1 aromatic carbocycles. The average Bonchev–Trinajstić information content (AvgIpc) is 2.96. The summed E-state index contributed by atoms with van der Waals surface area (Å²) < 4.78 is 13.7. The number of hydrogen-bond acceptors (Lipinski definition) is 2. The van der Waals surface area contributed by atoms with Crippen molar-refractivity contribution in [1.29, 1.82) is 0 Å². The number of carbonyl (C=O) groups is 2. The standard InChI is InChI=1S/C19H26FN3O2/c20-17-9-5-4-8-16(17)13-22-10-11-23(19(22)25)14-18(24)21-12-15-6-2-1-3-7-15/h4-5,8-9,15H,1-3,6-7,10-14H2,(H,21,24). The Morgan fingerprint density at radius 3 is 2.60 bits per heavy atom. The maximum absolute atomic E-state index is 13.7. The summed E-state index contributed by atoms with van der Waals surface area (Å²) in [6.45, 7) is 2.05. The van der Waals surface area contributed by atoms with Gasteiger partial charge in [0.05, 0.1) is 6.54 Å². The van der Waals surface area contributed by atoms with Gasteiger partial charge in [-0.15, -0.1) is 0 Å². The molecule has 0 atom stereocenters. The maximum atomic E-state index is 13.7. The molecule has 0 radical (unpaired) electrons. The second kappa shape index (κ2) is 8.32. The zero-order chi connectivity index (χ0) is 17.6. The van der Waals surface area contributed by atoms with E-state index >= 15 is 0 Å². The van der Waals surface area contributed by atoms with Crippen LogP contribution >= 0.6 is 0 Å². The summed E-state index contributed by atoms with van der Waals surface area (Å²) >= 11 is 0. The molecule has 5 nitrogen and oxygen atoms in total. The molecule has 0 bridgehead atoms. The van der Waals surface area contributed by atoms with E-state index in [1.807, 2.05) is 0 Å². The molecule has 2 aliphatic rings. The van der Waals surface area contributed by atoms with Crippen LogP contribution in [0.5, 0.6) is 0 Å². The van der Waals surface area contributed by atoms with Crippen LogP contribution < -0.4 is 5.32 Å². The van der Waals surface area contributed by atoms with E-state index in [0.717, 1.165) is 0 Å².